The van der Waals surface area contributed by atoms with Gasteiger partial charge in [0.2, 0.25) is 5.95 Å². The topological polar surface area (TPSA) is 52.0 Å². The Morgan fingerprint density at radius 3 is 3.18 bits per heavy atom. The van der Waals surface area contributed by atoms with Crippen LogP contribution >= 0.6 is 11.3 Å². The van der Waals surface area contributed by atoms with Crippen molar-refractivity contribution in [2.75, 3.05) is 25.6 Å². The van der Waals surface area contributed by atoms with Crippen molar-refractivity contribution in [3.63, 3.8) is 0 Å². The van der Waals surface area contributed by atoms with Gasteiger partial charge in [-0.15, -0.1) is 11.3 Å². The number of thiazole rings is 1. The SMILES string of the molecule is COCCn1ccnc1NCCc1cscn1. The third kappa shape index (κ3) is 3.54. The lowest BCUT2D eigenvalue weighted by Crippen LogP contribution is -2.12. The number of rotatable bonds is 7. The van der Waals surface area contributed by atoms with Gasteiger partial charge in [-0.1, -0.05) is 0 Å². The van der Waals surface area contributed by atoms with Crippen LogP contribution in [0.5, 0.6) is 0 Å². The average molecular weight is 252 g/mol. The summed E-state index contributed by atoms with van der Waals surface area (Å²) in [5, 5.41) is 5.37. The third-order valence-corrected chi connectivity index (χ3v) is 3.03. The Hall–Kier alpha value is -1.40. The maximum atomic E-state index is 5.05. The van der Waals surface area contributed by atoms with Crippen molar-refractivity contribution in [2.24, 2.45) is 0 Å². The number of hydrogen-bond donors (Lipinski definition) is 1. The van der Waals surface area contributed by atoms with Crippen LogP contribution in [0.3, 0.4) is 0 Å². The molecular weight excluding hydrogens is 236 g/mol. The molecule has 0 fully saturated rings. The van der Waals surface area contributed by atoms with Gasteiger partial charge in [0.15, 0.2) is 0 Å². The smallest absolute Gasteiger partial charge is 0.202 e. The quantitative estimate of drug-likeness (QED) is 0.814. The Morgan fingerprint density at radius 1 is 1.47 bits per heavy atom. The van der Waals surface area contributed by atoms with Crippen LogP contribution in [0.25, 0.3) is 0 Å². The summed E-state index contributed by atoms with van der Waals surface area (Å²) in [6, 6.07) is 0. The molecule has 6 heteroatoms. The van der Waals surface area contributed by atoms with Crippen molar-refractivity contribution in [1.82, 2.24) is 14.5 Å². The van der Waals surface area contributed by atoms with Gasteiger partial charge in [-0.25, -0.2) is 9.97 Å². The molecule has 2 aromatic heterocycles. The number of nitrogens with one attached hydrogen (secondary N) is 1. The number of ether oxygens (including phenoxy) is 1. The zero-order chi connectivity index (χ0) is 11.9. The van der Waals surface area contributed by atoms with E-state index in [9.17, 15) is 0 Å². The molecule has 0 spiro atoms. The third-order valence-electron chi connectivity index (χ3n) is 2.40. The van der Waals surface area contributed by atoms with Crippen molar-refractivity contribution in [3.8, 4) is 0 Å². The molecule has 1 N–H and O–H groups in total. The fraction of sp³-hybridized carbons (Fsp3) is 0.455. The first-order valence-corrected chi connectivity index (χ1v) is 6.45. The molecule has 0 saturated carbocycles. The summed E-state index contributed by atoms with van der Waals surface area (Å²) < 4.78 is 7.09. The van der Waals surface area contributed by atoms with Gasteiger partial charge >= 0.3 is 0 Å². The number of aromatic nitrogens is 3. The highest BCUT2D eigenvalue weighted by atomic mass is 32.1. The Kier molecular flexibility index (Phi) is 4.52. The second-order valence-electron chi connectivity index (χ2n) is 3.59. The molecule has 0 bridgehead atoms. The van der Waals surface area contributed by atoms with E-state index in [0.29, 0.717) is 6.61 Å². The number of nitrogens with zero attached hydrogens (tertiary/aromatic N) is 3. The van der Waals surface area contributed by atoms with Crippen LogP contribution < -0.4 is 5.32 Å². The summed E-state index contributed by atoms with van der Waals surface area (Å²) in [6.45, 7) is 2.35. The van der Waals surface area contributed by atoms with E-state index in [4.69, 9.17) is 4.74 Å². The van der Waals surface area contributed by atoms with Crippen molar-refractivity contribution < 1.29 is 4.74 Å². The molecule has 0 atom stereocenters. The Balaban J connectivity index is 1.80. The van der Waals surface area contributed by atoms with Gasteiger partial charge < -0.3 is 14.6 Å². The van der Waals surface area contributed by atoms with E-state index in [-0.39, 0.29) is 0 Å². The lowest BCUT2D eigenvalue weighted by Gasteiger charge is -2.08. The van der Waals surface area contributed by atoms with Gasteiger partial charge in [-0.05, 0) is 0 Å². The Labute approximate surface area is 104 Å². The fourth-order valence-corrected chi connectivity index (χ4v) is 2.10. The Bertz CT molecular complexity index is 426. The molecule has 0 aliphatic carbocycles. The molecule has 0 aliphatic heterocycles. The maximum absolute atomic E-state index is 5.05. The molecule has 0 aromatic carbocycles. The van der Waals surface area contributed by atoms with Gasteiger partial charge in [-0.2, -0.15) is 0 Å². The van der Waals surface area contributed by atoms with E-state index in [1.807, 2.05) is 16.3 Å². The predicted molar refractivity (Wildman–Crippen MR) is 68.4 cm³/mol. The van der Waals surface area contributed by atoms with E-state index in [2.05, 4.69) is 20.7 Å². The van der Waals surface area contributed by atoms with Crippen LogP contribution in [0.2, 0.25) is 0 Å². The molecule has 2 heterocycles. The van der Waals surface area contributed by atoms with Crippen molar-refractivity contribution >= 4 is 17.3 Å². The molecule has 2 rings (SSSR count). The molecule has 0 unspecified atom stereocenters. The minimum atomic E-state index is 0.692. The highest BCUT2D eigenvalue weighted by molar-refractivity contribution is 7.07. The van der Waals surface area contributed by atoms with Gasteiger partial charge in [-0.3, -0.25) is 0 Å². The average Bonchev–Trinajstić information content (AvgIpc) is 2.98. The highest BCUT2D eigenvalue weighted by Crippen LogP contribution is 2.06. The van der Waals surface area contributed by atoms with E-state index in [1.54, 1.807) is 24.6 Å². The minimum Gasteiger partial charge on any atom is -0.383 e. The van der Waals surface area contributed by atoms with Crippen LogP contribution in [0.15, 0.2) is 23.3 Å². The second kappa shape index (κ2) is 6.36. The van der Waals surface area contributed by atoms with E-state index in [1.165, 1.54) is 0 Å². The number of anilines is 1. The van der Waals surface area contributed by atoms with Crippen LogP contribution in [0, 0.1) is 0 Å². The Morgan fingerprint density at radius 2 is 2.41 bits per heavy atom. The van der Waals surface area contributed by atoms with Crippen LogP contribution in [-0.4, -0.2) is 34.8 Å². The summed E-state index contributed by atoms with van der Waals surface area (Å²) in [5.74, 6) is 0.886. The number of hydrogen-bond acceptors (Lipinski definition) is 5. The number of imidazole rings is 1. The summed E-state index contributed by atoms with van der Waals surface area (Å²) in [4.78, 5) is 8.50. The maximum Gasteiger partial charge on any atom is 0.202 e. The second-order valence-corrected chi connectivity index (χ2v) is 4.31. The summed E-state index contributed by atoms with van der Waals surface area (Å²) in [5.41, 5.74) is 2.98. The van der Waals surface area contributed by atoms with Gasteiger partial charge in [0, 0.05) is 44.4 Å². The lowest BCUT2D eigenvalue weighted by molar-refractivity contribution is 0.187. The molecule has 0 saturated heterocycles. The van der Waals surface area contributed by atoms with Gasteiger partial charge in [0.1, 0.15) is 0 Å². The van der Waals surface area contributed by atoms with Crippen LogP contribution in [0.1, 0.15) is 5.69 Å². The molecule has 0 radical (unpaired) electrons. The molecule has 92 valence electrons. The number of methoxy groups -OCH3 is 1. The first kappa shape index (κ1) is 12.1. The molecule has 17 heavy (non-hydrogen) atoms. The normalized spacial score (nSPS) is 10.6. The van der Waals surface area contributed by atoms with Crippen molar-refractivity contribution in [2.45, 2.75) is 13.0 Å². The molecule has 2 aromatic rings. The largest absolute Gasteiger partial charge is 0.383 e. The molecule has 5 nitrogen and oxygen atoms in total. The summed E-state index contributed by atoms with van der Waals surface area (Å²) in [6.07, 6.45) is 4.66. The predicted octanol–water partition coefficient (Wildman–Crippen LogP) is 1.64. The summed E-state index contributed by atoms with van der Waals surface area (Å²) >= 11 is 1.63. The summed E-state index contributed by atoms with van der Waals surface area (Å²) in [7, 11) is 1.70. The highest BCUT2D eigenvalue weighted by Gasteiger charge is 2.01. The molecule has 0 amide bonds. The fourth-order valence-electron chi connectivity index (χ4n) is 1.51. The first-order chi connectivity index (χ1) is 8.40. The molecular formula is C11H16N4OS. The lowest BCUT2D eigenvalue weighted by atomic mass is 10.3. The minimum absolute atomic E-state index is 0.692. The van der Waals surface area contributed by atoms with Crippen molar-refractivity contribution in [3.05, 3.63) is 29.0 Å². The molecule has 0 aliphatic rings. The van der Waals surface area contributed by atoms with E-state index in [0.717, 1.165) is 31.2 Å². The standard InChI is InChI=1S/C11H16N4OS/c1-16-7-6-15-5-4-13-11(15)12-3-2-10-8-17-9-14-10/h4-5,8-9H,2-3,6-7H2,1H3,(H,12,13). The van der Waals surface area contributed by atoms with Gasteiger partial charge in [0.25, 0.3) is 0 Å². The zero-order valence-corrected chi connectivity index (χ0v) is 10.6. The van der Waals surface area contributed by atoms with Crippen molar-refractivity contribution in [1.29, 1.82) is 0 Å². The van der Waals surface area contributed by atoms with Crippen LogP contribution in [0.4, 0.5) is 5.95 Å². The van der Waals surface area contributed by atoms with Crippen LogP contribution in [-0.2, 0) is 17.7 Å². The first-order valence-electron chi connectivity index (χ1n) is 5.51. The monoisotopic (exact) mass is 252 g/mol. The zero-order valence-electron chi connectivity index (χ0n) is 9.80. The van der Waals surface area contributed by atoms with Gasteiger partial charge in [0.05, 0.1) is 17.8 Å². The van der Waals surface area contributed by atoms with E-state index < -0.39 is 0 Å². The van der Waals surface area contributed by atoms with E-state index >= 15 is 0 Å².